The van der Waals surface area contributed by atoms with Crippen LogP contribution in [0.2, 0.25) is 0 Å². The van der Waals surface area contributed by atoms with Gasteiger partial charge in [0.15, 0.2) is 0 Å². The van der Waals surface area contributed by atoms with Gasteiger partial charge in [0.25, 0.3) is 0 Å². The third-order valence-corrected chi connectivity index (χ3v) is 3.92. The van der Waals surface area contributed by atoms with Crippen LogP contribution in [0.1, 0.15) is 9.67 Å². The molecule has 6 heteroatoms. The lowest BCUT2D eigenvalue weighted by Crippen LogP contribution is -1.95. The van der Waals surface area contributed by atoms with Crippen molar-refractivity contribution in [3.63, 3.8) is 0 Å². The molecule has 4 nitrogen and oxygen atoms in total. The zero-order valence-electron chi connectivity index (χ0n) is 10.7. The molecule has 0 bridgehead atoms. The van der Waals surface area contributed by atoms with E-state index in [4.69, 9.17) is 0 Å². The van der Waals surface area contributed by atoms with Gasteiger partial charge in [-0.3, -0.25) is 4.98 Å². The van der Waals surface area contributed by atoms with E-state index < -0.39 is 11.8 Å². The second-order valence-electron chi connectivity index (χ2n) is 4.25. The highest BCUT2D eigenvalue weighted by Crippen LogP contribution is 2.33. The van der Waals surface area contributed by atoms with E-state index in [1.54, 1.807) is 30.6 Å². The van der Waals surface area contributed by atoms with Gasteiger partial charge in [0.2, 0.25) is 0 Å². The number of carboxylic acid groups (broad SMARTS) is 1. The molecule has 1 aromatic carbocycles. The maximum Gasteiger partial charge on any atom is 0.348 e. The van der Waals surface area contributed by atoms with Gasteiger partial charge in [-0.2, -0.15) is 0 Å². The Morgan fingerprint density at radius 1 is 1.19 bits per heavy atom. The summed E-state index contributed by atoms with van der Waals surface area (Å²) in [6.45, 7) is 0. The van der Waals surface area contributed by atoms with Crippen molar-refractivity contribution in [3.05, 3.63) is 59.5 Å². The molecule has 1 N–H and O–H groups in total. The van der Waals surface area contributed by atoms with Crippen molar-refractivity contribution in [2.24, 2.45) is 0 Å². The average molecular weight is 300 g/mol. The summed E-state index contributed by atoms with van der Waals surface area (Å²) in [7, 11) is 0. The first kappa shape index (κ1) is 13.4. The highest BCUT2D eigenvalue weighted by Gasteiger charge is 2.19. The zero-order chi connectivity index (χ0) is 14.8. The Labute approximate surface area is 123 Å². The third kappa shape index (κ3) is 2.66. The number of hydrogen-bond donors (Lipinski definition) is 1. The number of halogens is 1. The molecule has 0 saturated carbocycles. The van der Waals surface area contributed by atoms with Gasteiger partial charge in [-0.15, -0.1) is 11.3 Å². The Kier molecular flexibility index (Phi) is 3.45. The minimum Gasteiger partial charge on any atom is -0.477 e. The number of benzene rings is 1. The quantitative estimate of drug-likeness (QED) is 0.801. The highest BCUT2D eigenvalue weighted by molar-refractivity contribution is 7.17. The summed E-state index contributed by atoms with van der Waals surface area (Å²) in [5.74, 6) is -1.51. The molecule has 104 valence electrons. The zero-order valence-corrected chi connectivity index (χ0v) is 11.5. The fraction of sp³-hybridized carbons (Fsp3) is 0. The Morgan fingerprint density at radius 3 is 2.67 bits per heavy atom. The van der Waals surface area contributed by atoms with Crippen molar-refractivity contribution in [1.82, 2.24) is 9.97 Å². The van der Waals surface area contributed by atoms with Crippen LogP contribution in [0.5, 0.6) is 0 Å². The SMILES string of the molecule is O=C(O)c1sc(-c2cccnc2)nc1-c1cccc(F)c1. The molecule has 0 aliphatic carbocycles. The monoisotopic (exact) mass is 300 g/mol. The van der Waals surface area contributed by atoms with Gasteiger partial charge in [0.05, 0.1) is 5.69 Å². The Bertz CT molecular complexity index is 802. The molecule has 0 amide bonds. The first-order chi connectivity index (χ1) is 10.1. The van der Waals surface area contributed by atoms with Crippen LogP contribution in [0.4, 0.5) is 4.39 Å². The van der Waals surface area contributed by atoms with Crippen LogP contribution in [-0.4, -0.2) is 21.0 Å². The summed E-state index contributed by atoms with van der Waals surface area (Å²) in [6.07, 6.45) is 3.24. The molecule has 2 aromatic heterocycles. The molecule has 0 radical (unpaired) electrons. The molecular weight excluding hydrogens is 291 g/mol. The van der Waals surface area contributed by atoms with E-state index in [0.717, 1.165) is 16.9 Å². The summed E-state index contributed by atoms with van der Waals surface area (Å²) in [6, 6.07) is 9.29. The summed E-state index contributed by atoms with van der Waals surface area (Å²) >= 11 is 1.05. The Balaban J connectivity index is 2.16. The number of aromatic carboxylic acids is 1. The van der Waals surface area contributed by atoms with Gasteiger partial charge < -0.3 is 5.11 Å². The Hall–Kier alpha value is -2.60. The summed E-state index contributed by atoms with van der Waals surface area (Å²) in [5, 5.41) is 9.86. The van der Waals surface area contributed by atoms with E-state index in [0.29, 0.717) is 10.6 Å². The van der Waals surface area contributed by atoms with Gasteiger partial charge in [-0.1, -0.05) is 12.1 Å². The molecule has 3 aromatic rings. The fourth-order valence-corrected chi connectivity index (χ4v) is 2.83. The minimum absolute atomic E-state index is 0.0828. The lowest BCUT2D eigenvalue weighted by Gasteiger charge is -1.98. The standard InChI is InChI=1S/C15H9FN2O2S/c16-11-5-1-3-9(7-11)12-13(15(19)20)21-14(18-12)10-4-2-6-17-8-10/h1-8H,(H,19,20). The number of aromatic nitrogens is 2. The number of rotatable bonds is 3. The number of nitrogens with zero attached hydrogens (tertiary/aromatic N) is 2. The van der Waals surface area contributed by atoms with Gasteiger partial charge in [-0.05, 0) is 24.3 Å². The van der Waals surface area contributed by atoms with E-state index in [1.807, 2.05) is 0 Å². The second kappa shape index (κ2) is 5.41. The van der Waals surface area contributed by atoms with Crippen molar-refractivity contribution in [3.8, 4) is 21.8 Å². The molecule has 3 rings (SSSR count). The molecule has 0 saturated heterocycles. The molecule has 0 aliphatic rings. The molecular formula is C15H9FN2O2S. The summed E-state index contributed by atoms with van der Waals surface area (Å²) in [5.41, 5.74) is 1.44. The van der Waals surface area contributed by atoms with Crippen LogP contribution >= 0.6 is 11.3 Å². The van der Waals surface area contributed by atoms with Crippen LogP contribution in [-0.2, 0) is 0 Å². The van der Waals surface area contributed by atoms with E-state index >= 15 is 0 Å². The second-order valence-corrected chi connectivity index (χ2v) is 5.25. The molecule has 0 aliphatic heterocycles. The molecule has 0 unspecified atom stereocenters. The number of thiazole rings is 1. The van der Waals surface area contributed by atoms with Crippen molar-refractivity contribution in [2.45, 2.75) is 0 Å². The number of hydrogen-bond acceptors (Lipinski definition) is 4. The number of pyridine rings is 1. The van der Waals surface area contributed by atoms with Crippen LogP contribution in [0.25, 0.3) is 21.8 Å². The molecule has 21 heavy (non-hydrogen) atoms. The average Bonchev–Trinajstić information content (AvgIpc) is 2.93. The van der Waals surface area contributed by atoms with Crippen molar-refractivity contribution in [2.75, 3.05) is 0 Å². The first-order valence-electron chi connectivity index (χ1n) is 6.05. The molecule has 0 fully saturated rings. The number of carbonyl (C=O) groups is 1. The molecule has 2 heterocycles. The van der Waals surface area contributed by atoms with Gasteiger partial charge >= 0.3 is 5.97 Å². The summed E-state index contributed by atoms with van der Waals surface area (Å²) in [4.78, 5) is 19.8. The number of carboxylic acids is 1. The smallest absolute Gasteiger partial charge is 0.348 e. The van der Waals surface area contributed by atoms with Crippen LogP contribution in [0.3, 0.4) is 0 Å². The topological polar surface area (TPSA) is 63.1 Å². The maximum absolute atomic E-state index is 13.3. The van der Waals surface area contributed by atoms with Gasteiger partial charge in [0, 0.05) is 23.5 Å². The first-order valence-corrected chi connectivity index (χ1v) is 6.87. The third-order valence-electron chi connectivity index (χ3n) is 2.83. The van der Waals surface area contributed by atoms with Crippen molar-refractivity contribution < 1.29 is 14.3 Å². The van der Waals surface area contributed by atoms with E-state index in [1.165, 1.54) is 18.2 Å². The van der Waals surface area contributed by atoms with Crippen LogP contribution in [0.15, 0.2) is 48.8 Å². The van der Waals surface area contributed by atoms with Gasteiger partial charge in [-0.25, -0.2) is 14.2 Å². The minimum atomic E-state index is -1.08. The van der Waals surface area contributed by atoms with Crippen LogP contribution in [0, 0.1) is 5.82 Å². The van der Waals surface area contributed by atoms with E-state index in [2.05, 4.69) is 9.97 Å². The lowest BCUT2D eigenvalue weighted by atomic mass is 10.1. The predicted molar refractivity (Wildman–Crippen MR) is 77.7 cm³/mol. The highest BCUT2D eigenvalue weighted by atomic mass is 32.1. The fourth-order valence-electron chi connectivity index (χ4n) is 1.91. The maximum atomic E-state index is 13.3. The normalized spacial score (nSPS) is 10.5. The van der Waals surface area contributed by atoms with E-state index in [9.17, 15) is 14.3 Å². The molecule has 0 spiro atoms. The summed E-state index contributed by atoms with van der Waals surface area (Å²) < 4.78 is 13.3. The van der Waals surface area contributed by atoms with Gasteiger partial charge in [0.1, 0.15) is 15.7 Å². The molecule has 0 atom stereocenters. The van der Waals surface area contributed by atoms with E-state index in [-0.39, 0.29) is 10.6 Å². The predicted octanol–water partition coefficient (Wildman–Crippen LogP) is 3.71. The lowest BCUT2D eigenvalue weighted by molar-refractivity contribution is 0.0702. The Morgan fingerprint density at radius 2 is 2.00 bits per heavy atom. The van der Waals surface area contributed by atoms with Crippen molar-refractivity contribution in [1.29, 1.82) is 0 Å². The van der Waals surface area contributed by atoms with Crippen molar-refractivity contribution >= 4 is 17.3 Å². The largest absolute Gasteiger partial charge is 0.477 e. The van der Waals surface area contributed by atoms with Crippen LogP contribution < -0.4 is 0 Å².